The largest absolute Gasteiger partial charge is 0.453 e. The number of anilines is 1. The summed E-state index contributed by atoms with van der Waals surface area (Å²) < 4.78 is 9.78. The average Bonchev–Trinajstić information content (AvgIpc) is 4.14. The number of imidazole rings is 2. The van der Waals surface area contributed by atoms with Crippen molar-refractivity contribution in [2.24, 2.45) is 11.8 Å². The molecule has 3 aromatic carbocycles. The number of nitrogens with zero attached hydrogens (tertiary/aromatic N) is 5. The quantitative estimate of drug-likeness (QED) is 0.100. The normalized spacial score (nSPS) is 22.2. The smallest absolute Gasteiger partial charge is 0.407 e. The van der Waals surface area contributed by atoms with Gasteiger partial charge in [0.25, 0.3) is 0 Å². The molecule has 4 N–H and O–H groups in total. The molecule has 3 fully saturated rings. The molecule has 0 bridgehead atoms. The maximum Gasteiger partial charge on any atom is 0.407 e. The molecule has 0 spiro atoms. The number of likely N-dealkylation sites (tertiary alicyclic amines) is 2. The number of carbonyl (C=O) groups is 4. The number of H-pyrrole nitrogens is 2. The maximum absolute atomic E-state index is 14.3. The number of amides is 4. The predicted molar refractivity (Wildman–Crippen MR) is 269 cm³/mol. The molecule has 0 aliphatic carbocycles. The Kier molecular flexibility index (Phi) is 13.3. The third kappa shape index (κ3) is 9.49. The number of rotatable bonds is 11. The summed E-state index contributed by atoms with van der Waals surface area (Å²) in [7, 11) is 2.61. The summed E-state index contributed by atoms with van der Waals surface area (Å²) in [6.07, 6.45) is 3.62. The van der Waals surface area contributed by atoms with Gasteiger partial charge in [0.05, 0.1) is 60.5 Å². The molecule has 5 aromatic rings. The van der Waals surface area contributed by atoms with Crippen molar-refractivity contribution >= 4 is 51.8 Å². The lowest BCUT2D eigenvalue weighted by molar-refractivity contribution is -0.141. The van der Waals surface area contributed by atoms with Gasteiger partial charge in [-0.3, -0.25) is 9.59 Å². The highest BCUT2D eigenvalue weighted by atomic mass is 16.5. The van der Waals surface area contributed by atoms with E-state index in [0.717, 1.165) is 77.9 Å². The van der Waals surface area contributed by atoms with E-state index in [9.17, 15) is 19.2 Å². The van der Waals surface area contributed by atoms with Gasteiger partial charge >= 0.3 is 12.2 Å². The van der Waals surface area contributed by atoms with Crippen LogP contribution >= 0.6 is 0 Å². The molecule has 15 nitrogen and oxygen atoms in total. The molecule has 5 heterocycles. The van der Waals surface area contributed by atoms with Crippen molar-refractivity contribution < 1.29 is 28.7 Å². The summed E-state index contributed by atoms with van der Waals surface area (Å²) in [6, 6.07) is 20.0. The van der Waals surface area contributed by atoms with Crippen LogP contribution in [0.4, 0.5) is 15.3 Å². The van der Waals surface area contributed by atoms with Crippen LogP contribution in [0.3, 0.4) is 0 Å². The van der Waals surface area contributed by atoms with Gasteiger partial charge in [-0.2, -0.15) is 0 Å². The van der Waals surface area contributed by atoms with Gasteiger partial charge in [-0.25, -0.2) is 19.6 Å². The van der Waals surface area contributed by atoms with Crippen LogP contribution in [0.25, 0.3) is 22.1 Å². The summed E-state index contributed by atoms with van der Waals surface area (Å²) >= 11 is 0. The van der Waals surface area contributed by atoms with Crippen molar-refractivity contribution in [2.45, 2.75) is 167 Å². The average molecular weight is 944 g/mol. The number of carbonyl (C=O) groups excluding carboxylic acids is 4. The monoisotopic (exact) mass is 944 g/mol. The Morgan fingerprint density at radius 1 is 0.623 bits per heavy atom. The Labute approximate surface area is 406 Å². The van der Waals surface area contributed by atoms with Gasteiger partial charge in [0, 0.05) is 16.8 Å². The van der Waals surface area contributed by atoms with Crippen molar-refractivity contribution in [2.75, 3.05) is 19.1 Å². The van der Waals surface area contributed by atoms with Gasteiger partial charge in [-0.05, 0) is 137 Å². The van der Waals surface area contributed by atoms with Crippen LogP contribution in [-0.4, -0.2) is 91.1 Å². The summed E-state index contributed by atoms with van der Waals surface area (Å²) in [6.45, 7) is 22.7. The molecule has 370 valence electrons. The lowest BCUT2D eigenvalue weighted by atomic mass is 9.87. The Balaban J connectivity index is 1.12. The number of aromatic amines is 2. The highest BCUT2D eigenvalue weighted by Crippen LogP contribution is 2.49. The molecule has 8 rings (SSSR count). The van der Waals surface area contributed by atoms with Crippen LogP contribution in [0.2, 0.25) is 0 Å². The number of fused-ring (bicyclic) bond motifs is 2. The Hall–Kier alpha value is -6.12. The van der Waals surface area contributed by atoms with E-state index in [-0.39, 0.29) is 53.2 Å². The number of alkyl carbamates (subject to hydrolysis) is 2. The fraction of sp³-hybridized carbons (Fsp3) is 0.556. The van der Waals surface area contributed by atoms with Gasteiger partial charge in [0.1, 0.15) is 23.7 Å². The third-order valence-corrected chi connectivity index (χ3v) is 15.1. The summed E-state index contributed by atoms with van der Waals surface area (Å²) in [5.41, 5.74) is 7.33. The van der Waals surface area contributed by atoms with Gasteiger partial charge in [0.15, 0.2) is 0 Å². The summed E-state index contributed by atoms with van der Waals surface area (Å²) in [5.74, 6) is 0.871. The van der Waals surface area contributed by atoms with E-state index in [1.165, 1.54) is 30.9 Å². The second-order valence-electron chi connectivity index (χ2n) is 22.5. The number of hydrogen-bond donors (Lipinski definition) is 4. The molecular weight excluding hydrogens is 871 g/mol. The zero-order valence-corrected chi connectivity index (χ0v) is 42.8. The topological polar surface area (TPSA) is 178 Å². The van der Waals surface area contributed by atoms with Crippen LogP contribution in [0, 0.1) is 11.8 Å². The van der Waals surface area contributed by atoms with Gasteiger partial charge in [0.2, 0.25) is 11.8 Å². The second-order valence-corrected chi connectivity index (χ2v) is 22.5. The van der Waals surface area contributed by atoms with E-state index in [1.54, 1.807) is 0 Å². The highest BCUT2D eigenvalue weighted by molar-refractivity contribution is 5.88. The first-order valence-corrected chi connectivity index (χ1v) is 24.8. The summed E-state index contributed by atoms with van der Waals surface area (Å²) in [5, 5.41) is 5.57. The number of aromatic nitrogens is 4. The number of hydrogen-bond acceptors (Lipinski definition) is 9. The van der Waals surface area contributed by atoms with Crippen molar-refractivity contribution in [3.8, 4) is 0 Å². The molecule has 3 saturated heterocycles. The molecule has 69 heavy (non-hydrogen) atoms. The molecule has 15 heteroatoms. The van der Waals surface area contributed by atoms with E-state index in [0.29, 0.717) is 0 Å². The van der Waals surface area contributed by atoms with Crippen LogP contribution in [0.5, 0.6) is 0 Å². The van der Waals surface area contributed by atoms with E-state index in [1.807, 2.05) is 37.5 Å². The molecule has 0 radical (unpaired) electrons. The highest BCUT2D eigenvalue weighted by Gasteiger charge is 2.49. The van der Waals surface area contributed by atoms with E-state index in [2.05, 4.69) is 135 Å². The van der Waals surface area contributed by atoms with Crippen molar-refractivity contribution in [3.05, 3.63) is 89.0 Å². The number of ether oxygens (including phenoxy) is 2. The van der Waals surface area contributed by atoms with Crippen LogP contribution < -0.4 is 15.5 Å². The fourth-order valence-electron chi connectivity index (χ4n) is 11.2. The zero-order chi connectivity index (χ0) is 49.9. The standard InChI is InChI=1S/C54H73N9O6/c1-30(2)44(59-50(66)68-12)48(64)62-42(24-26-53(62,8)9)46-55-36-20-14-32(28-38(36)57-46)40-22-23-41(61(40)35-18-16-34(17-19-35)52(5,6)7)33-15-21-37-39(29-33)58-47(56-37)43-25-27-54(10,11)63(43)49(65)45(31(3)4)60-51(67)69-13/h14-21,28-31,40-45H,22-27H2,1-13H3,(H,55,57)(H,56,58)(H,59,66)(H,60,67)/t40-,41-,42+,43+,44+,45?/m1/s1. The summed E-state index contributed by atoms with van der Waals surface area (Å²) in [4.78, 5) is 77.2. The molecule has 3 aliphatic rings. The maximum atomic E-state index is 14.3. The van der Waals surface area contributed by atoms with E-state index in [4.69, 9.17) is 19.4 Å². The Morgan fingerprint density at radius 2 is 1.03 bits per heavy atom. The molecule has 4 amide bonds. The number of methoxy groups -OCH3 is 2. The van der Waals surface area contributed by atoms with E-state index >= 15 is 0 Å². The first-order valence-electron chi connectivity index (χ1n) is 24.8. The van der Waals surface area contributed by atoms with E-state index < -0.39 is 35.3 Å². The molecule has 6 atom stereocenters. The minimum Gasteiger partial charge on any atom is -0.453 e. The van der Waals surface area contributed by atoms with Crippen molar-refractivity contribution in [1.29, 1.82) is 0 Å². The molecule has 1 unspecified atom stereocenters. The first-order chi connectivity index (χ1) is 32.5. The van der Waals surface area contributed by atoms with Crippen molar-refractivity contribution in [3.63, 3.8) is 0 Å². The third-order valence-electron chi connectivity index (χ3n) is 15.1. The molecule has 0 saturated carbocycles. The lowest BCUT2D eigenvalue weighted by Gasteiger charge is -2.38. The Bertz CT molecular complexity index is 2560. The second kappa shape index (κ2) is 18.7. The minimum absolute atomic E-state index is 0.000367. The lowest BCUT2D eigenvalue weighted by Crippen LogP contribution is -2.55. The van der Waals surface area contributed by atoms with Gasteiger partial charge < -0.3 is 44.8 Å². The molecular formula is C54H73N9O6. The van der Waals surface area contributed by atoms with Gasteiger partial charge in [-0.1, -0.05) is 72.7 Å². The fourth-order valence-corrected chi connectivity index (χ4v) is 11.2. The number of nitrogens with one attached hydrogen (secondary N) is 4. The number of benzene rings is 3. The van der Waals surface area contributed by atoms with Gasteiger partial charge in [-0.15, -0.1) is 0 Å². The predicted octanol–water partition coefficient (Wildman–Crippen LogP) is 10.5. The first kappa shape index (κ1) is 49.3. The molecule has 2 aromatic heterocycles. The van der Waals surface area contributed by atoms with Crippen molar-refractivity contribution in [1.82, 2.24) is 40.4 Å². The Morgan fingerprint density at radius 3 is 1.39 bits per heavy atom. The zero-order valence-electron chi connectivity index (χ0n) is 42.8. The van der Waals surface area contributed by atoms with Crippen LogP contribution in [-0.2, 0) is 24.5 Å². The van der Waals surface area contributed by atoms with Crippen LogP contribution in [0.1, 0.15) is 167 Å². The molecule has 3 aliphatic heterocycles. The van der Waals surface area contributed by atoms with Crippen LogP contribution in [0.15, 0.2) is 60.7 Å². The SMILES string of the molecule is COC(=O)NC(C(=O)N1[C@H](c2nc3ccc([C@H]4CC[C@H](c5ccc6nc([C@@H]7CCC(C)(C)N7C(=O)[C@@H](NC(=O)OC)C(C)C)[nH]c6c5)N4c4ccc(C(C)(C)C)cc4)cc3[nH]2)CCC1(C)C)C(C)C. The minimum atomic E-state index is -0.746.